The maximum absolute atomic E-state index is 13.3. The molecule has 0 unspecified atom stereocenters. The Hall–Kier alpha value is -0.640. The fraction of sp³-hybridized carbons (Fsp3) is 0.455. The first-order valence-electron chi connectivity index (χ1n) is 5.03. The molecule has 1 aromatic carbocycles. The zero-order valence-corrected chi connectivity index (χ0v) is 8.94. The second kappa shape index (κ2) is 2.73. The van der Waals surface area contributed by atoms with Gasteiger partial charge < -0.3 is 0 Å². The average molecular weight is 227 g/mol. The summed E-state index contributed by atoms with van der Waals surface area (Å²) in [5.41, 5.74) is 3.98. The van der Waals surface area contributed by atoms with E-state index in [1.165, 1.54) is 6.07 Å². The van der Waals surface area contributed by atoms with Gasteiger partial charge in [0.2, 0.25) is 0 Å². The highest BCUT2D eigenvalue weighted by atomic mass is 35.5. The van der Waals surface area contributed by atoms with E-state index in [-0.39, 0.29) is 21.8 Å². The summed E-state index contributed by atoms with van der Waals surface area (Å²) in [5.74, 6) is 5.13. The molecule has 0 heterocycles. The lowest BCUT2D eigenvalue weighted by Gasteiger charge is -2.70. The van der Waals surface area contributed by atoms with Crippen LogP contribution in [0.2, 0.25) is 5.02 Å². The van der Waals surface area contributed by atoms with Crippen LogP contribution in [0.4, 0.5) is 4.39 Å². The van der Waals surface area contributed by atoms with Crippen molar-refractivity contribution in [1.82, 2.24) is 5.43 Å². The van der Waals surface area contributed by atoms with E-state index in [2.05, 4.69) is 5.43 Å². The summed E-state index contributed by atoms with van der Waals surface area (Å²) in [6.07, 6.45) is 2.92. The summed E-state index contributed by atoms with van der Waals surface area (Å²) in [7, 11) is 0. The smallest absolute Gasteiger partial charge is 0.142 e. The molecule has 15 heavy (non-hydrogen) atoms. The highest BCUT2D eigenvalue weighted by Crippen LogP contribution is 2.68. The molecular formula is C11H12ClFN2. The van der Waals surface area contributed by atoms with Crippen LogP contribution >= 0.6 is 11.6 Å². The van der Waals surface area contributed by atoms with E-state index in [4.69, 9.17) is 17.4 Å². The number of hydrazine groups is 1. The number of halogens is 2. The van der Waals surface area contributed by atoms with E-state index in [0.29, 0.717) is 0 Å². The molecule has 2 bridgehead atoms. The Morgan fingerprint density at radius 1 is 1.33 bits per heavy atom. The summed E-state index contributed by atoms with van der Waals surface area (Å²) in [6.45, 7) is 0. The highest BCUT2D eigenvalue weighted by molar-refractivity contribution is 6.31. The standard InChI is InChI=1S/C11H12ClFN2/c12-9-7(2-1-3-8(9)13)10-4-11(5-10,6-10)15-14/h1-3,15H,4-6,14H2. The molecule has 4 rings (SSSR count). The molecule has 0 saturated heterocycles. The quantitative estimate of drug-likeness (QED) is 0.599. The Morgan fingerprint density at radius 2 is 2.00 bits per heavy atom. The fourth-order valence-electron chi connectivity index (χ4n) is 3.14. The molecule has 0 atom stereocenters. The fourth-order valence-corrected chi connectivity index (χ4v) is 3.47. The van der Waals surface area contributed by atoms with Crippen molar-refractivity contribution in [2.24, 2.45) is 5.84 Å². The summed E-state index contributed by atoms with van der Waals surface area (Å²) >= 11 is 5.98. The molecule has 0 radical (unpaired) electrons. The van der Waals surface area contributed by atoms with Crippen molar-refractivity contribution in [3.63, 3.8) is 0 Å². The van der Waals surface area contributed by atoms with Crippen molar-refractivity contribution < 1.29 is 4.39 Å². The average Bonchev–Trinajstić information content (AvgIpc) is 2.08. The van der Waals surface area contributed by atoms with Gasteiger partial charge in [-0.05, 0) is 30.9 Å². The predicted molar refractivity (Wildman–Crippen MR) is 57.0 cm³/mol. The van der Waals surface area contributed by atoms with Crippen molar-refractivity contribution >= 4 is 11.6 Å². The van der Waals surface area contributed by atoms with E-state index in [9.17, 15) is 4.39 Å². The molecule has 80 valence electrons. The molecule has 3 fully saturated rings. The molecule has 1 aromatic rings. The zero-order valence-electron chi connectivity index (χ0n) is 8.19. The third-order valence-electron chi connectivity index (χ3n) is 3.86. The van der Waals surface area contributed by atoms with Crippen LogP contribution < -0.4 is 11.3 Å². The summed E-state index contributed by atoms with van der Waals surface area (Å²) in [5, 5.41) is 0.280. The van der Waals surface area contributed by atoms with E-state index in [0.717, 1.165) is 24.8 Å². The molecule has 3 saturated carbocycles. The van der Waals surface area contributed by atoms with Crippen molar-refractivity contribution in [3.05, 3.63) is 34.6 Å². The van der Waals surface area contributed by atoms with E-state index in [1.54, 1.807) is 6.07 Å². The monoisotopic (exact) mass is 226 g/mol. The van der Waals surface area contributed by atoms with Crippen LogP contribution in [-0.2, 0) is 5.41 Å². The van der Waals surface area contributed by atoms with Gasteiger partial charge in [-0.15, -0.1) is 0 Å². The maximum atomic E-state index is 13.3. The Balaban J connectivity index is 1.94. The molecule has 2 nitrogen and oxygen atoms in total. The van der Waals surface area contributed by atoms with Gasteiger partial charge in [0.1, 0.15) is 5.82 Å². The maximum Gasteiger partial charge on any atom is 0.142 e. The normalized spacial score (nSPS) is 37.0. The lowest BCUT2D eigenvalue weighted by atomic mass is 9.37. The Bertz CT molecular complexity index is 413. The van der Waals surface area contributed by atoms with Gasteiger partial charge in [-0.2, -0.15) is 0 Å². The van der Waals surface area contributed by atoms with Gasteiger partial charge in [0.25, 0.3) is 0 Å². The summed E-state index contributed by atoms with van der Waals surface area (Å²) < 4.78 is 13.3. The summed E-state index contributed by atoms with van der Waals surface area (Å²) in [6, 6.07) is 5.04. The minimum absolute atomic E-state index is 0.0888. The predicted octanol–water partition coefficient (Wildman–Crippen LogP) is 2.12. The van der Waals surface area contributed by atoms with Crippen molar-refractivity contribution in [2.75, 3.05) is 0 Å². The number of nitrogens with two attached hydrogens (primary N) is 1. The van der Waals surface area contributed by atoms with E-state index >= 15 is 0 Å². The van der Waals surface area contributed by atoms with E-state index in [1.807, 2.05) is 6.07 Å². The first-order chi connectivity index (χ1) is 7.11. The first-order valence-corrected chi connectivity index (χ1v) is 5.41. The SMILES string of the molecule is NNC12CC(c3cccc(F)c3Cl)(C1)C2. The molecule has 3 aliphatic carbocycles. The van der Waals surface area contributed by atoms with Crippen molar-refractivity contribution in [3.8, 4) is 0 Å². The van der Waals surface area contributed by atoms with Crippen molar-refractivity contribution in [1.29, 1.82) is 0 Å². The second-order valence-corrected chi connectivity index (χ2v) is 5.21. The van der Waals surface area contributed by atoms with Crippen molar-refractivity contribution in [2.45, 2.75) is 30.2 Å². The molecule has 3 N–H and O–H groups in total. The lowest BCUT2D eigenvalue weighted by Crippen LogP contribution is -2.77. The topological polar surface area (TPSA) is 38.0 Å². The van der Waals surface area contributed by atoms with Gasteiger partial charge in [-0.3, -0.25) is 11.3 Å². The van der Waals surface area contributed by atoms with Gasteiger partial charge in [0.05, 0.1) is 5.02 Å². The van der Waals surface area contributed by atoms with Crippen LogP contribution in [0.3, 0.4) is 0 Å². The van der Waals surface area contributed by atoms with Crippen LogP contribution in [-0.4, -0.2) is 5.54 Å². The number of benzene rings is 1. The van der Waals surface area contributed by atoms with Crippen LogP contribution in [0.15, 0.2) is 18.2 Å². The number of rotatable bonds is 2. The van der Waals surface area contributed by atoms with Gasteiger partial charge in [0.15, 0.2) is 0 Å². The minimum Gasteiger partial charge on any atom is -0.271 e. The Morgan fingerprint density at radius 3 is 2.60 bits per heavy atom. The lowest BCUT2D eigenvalue weighted by molar-refractivity contribution is -0.0883. The van der Waals surface area contributed by atoms with Gasteiger partial charge >= 0.3 is 0 Å². The third kappa shape index (κ3) is 1.06. The minimum atomic E-state index is -0.325. The van der Waals surface area contributed by atoms with Gasteiger partial charge in [-0.25, -0.2) is 4.39 Å². The number of hydrogen-bond donors (Lipinski definition) is 2. The highest BCUT2D eigenvalue weighted by Gasteiger charge is 2.68. The molecule has 0 amide bonds. The zero-order chi connectivity index (χ0) is 10.7. The van der Waals surface area contributed by atoms with Gasteiger partial charge in [0, 0.05) is 11.0 Å². The largest absolute Gasteiger partial charge is 0.271 e. The van der Waals surface area contributed by atoms with Gasteiger partial charge in [-0.1, -0.05) is 23.7 Å². The first kappa shape index (κ1) is 9.58. The molecule has 0 aromatic heterocycles. The third-order valence-corrected chi connectivity index (χ3v) is 4.24. The molecule has 0 spiro atoms. The van der Waals surface area contributed by atoms with E-state index < -0.39 is 0 Å². The molecule has 0 aliphatic heterocycles. The molecular weight excluding hydrogens is 215 g/mol. The molecule has 3 aliphatic rings. The van der Waals surface area contributed by atoms with Crippen LogP contribution in [0.25, 0.3) is 0 Å². The van der Waals surface area contributed by atoms with Crippen LogP contribution in [0.5, 0.6) is 0 Å². The Kier molecular flexibility index (Phi) is 1.74. The number of nitrogens with one attached hydrogen (secondary N) is 1. The molecule has 4 heteroatoms. The second-order valence-electron chi connectivity index (χ2n) is 4.84. The number of hydrogen-bond acceptors (Lipinski definition) is 2. The van der Waals surface area contributed by atoms with Crippen LogP contribution in [0, 0.1) is 5.82 Å². The van der Waals surface area contributed by atoms with Crippen LogP contribution in [0.1, 0.15) is 24.8 Å². The summed E-state index contributed by atoms with van der Waals surface area (Å²) in [4.78, 5) is 0. The Labute approximate surface area is 92.6 Å².